The average Bonchev–Trinajstić information content (AvgIpc) is 2.75. The first-order valence-electron chi connectivity index (χ1n) is 10.5. The number of halogens is 2. The number of carbonyl (C=O) groups is 2. The van der Waals surface area contributed by atoms with Crippen molar-refractivity contribution in [2.45, 2.75) is 39.4 Å². The number of carbonyl (C=O) groups excluding carboxylic acids is 2. The lowest BCUT2D eigenvalue weighted by atomic mass is 10.1. The van der Waals surface area contributed by atoms with E-state index in [4.69, 9.17) is 16.3 Å². The fourth-order valence-electron chi connectivity index (χ4n) is 3.20. The molecule has 186 valence electrons. The van der Waals surface area contributed by atoms with Gasteiger partial charge in [-0.3, -0.25) is 13.9 Å². The van der Waals surface area contributed by atoms with Gasteiger partial charge in [0.25, 0.3) is 0 Å². The van der Waals surface area contributed by atoms with Gasteiger partial charge in [-0.1, -0.05) is 39.7 Å². The molecule has 2 rings (SSSR count). The monoisotopic (exact) mass is 573 g/mol. The standard InChI is InChI=1S/C23H29BrClN3O5S/c1-15(2)26-23(30)16(3)27(13-17-6-8-18(24)9-7-17)22(29)14-28(34(5,31)32)19-10-11-21(33-4)20(25)12-19/h6-12,15-16H,13-14H2,1-5H3,(H,26,30)/t16-/m0/s1. The number of hydrogen-bond acceptors (Lipinski definition) is 5. The van der Waals surface area contributed by atoms with E-state index in [1.165, 1.54) is 30.2 Å². The molecule has 0 saturated carbocycles. The van der Waals surface area contributed by atoms with Crippen LogP contribution in [0.1, 0.15) is 26.3 Å². The highest BCUT2D eigenvalue weighted by Crippen LogP contribution is 2.30. The van der Waals surface area contributed by atoms with Crippen LogP contribution in [0, 0.1) is 0 Å². The Labute approximate surface area is 214 Å². The van der Waals surface area contributed by atoms with Crippen molar-refractivity contribution in [2.24, 2.45) is 0 Å². The molecule has 0 aliphatic carbocycles. The molecule has 0 aliphatic heterocycles. The van der Waals surface area contributed by atoms with Gasteiger partial charge < -0.3 is 15.0 Å². The fourth-order valence-corrected chi connectivity index (χ4v) is 4.56. The molecule has 0 aromatic heterocycles. The second-order valence-corrected chi connectivity index (χ2v) is 11.3. The molecule has 0 spiro atoms. The number of rotatable bonds is 10. The van der Waals surface area contributed by atoms with Crippen LogP contribution in [-0.2, 0) is 26.2 Å². The van der Waals surface area contributed by atoms with Crippen molar-refractivity contribution < 1.29 is 22.7 Å². The maximum absolute atomic E-state index is 13.5. The van der Waals surface area contributed by atoms with Crippen LogP contribution < -0.4 is 14.4 Å². The van der Waals surface area contributed by atoms with Gasteiger partial charge in [-0.25, -0.2) is 8.42 Å². The molecule has 0 aliphatic rings. The Kier molecular flexibility index (Phi) is 9.78. The summed E-state index contributed by atoms with van der Waals surface area (Å²) in [6.45, 7) is 4.88. The number of sulfonamides is 1. The minimum absolute atomic E-state index is 0.117. The topological polar surface area (TPSA) is 96.0 Å². The second kappa shape index (κ2) is 11.9. The molecule has 0 unspecified atom stereocenters. The van der Waals surface area contributed by atoms with E-state index in [2.05, 4.69) is 21.2 Å². The summed E-state index contributed by atoms with van der Waals surface area (Å²) in [6.07, 6.45) is 1.01. The molecular weight excluding hydrogens is 546 g/mol. The maximum Gasteiger partial charge on any atom is 0.244 e. The second-order valence-electron chi connectivity index (χ2n) is 8.08. The van der Waals surface area contributed by atoms with Crippen molar-refractivity contribution in [1.29, 1.82) is 0 Å². The number of methoxy groups -OCH3 is 1. The zero-order valence-electron chi connectivity index (χ0n) is 19.7. The van der Waals surface area contributed by atoms with Crippen molar-refractivity contribution in [3.8, 4) is 5.75 Å². The first-order valence-corrected chi connectivity index (χ1v) is 13.5. The summed E-state index contributed by atoms with van der Waals surface area (Å²) in [5, 5.41) is 3.01. The molecule has 2 aromatic carbocycles. The van der Waals surface area contributed by atoms with Gasteiger partial charge in [0.1, 0.15) is 18.3 Å². The van der Waals surface area contributed by atoms with Gasteiger partial charge in [-0.15, -0.1) is 0 Å². The lowest BCUT2D eigenvalue weighted by Crippen LogP contribution is -2.52. The fraction of sp³-hybridized carbons (Fsp3) is 0.391. The lowest BCUT2D eigenvalue weighted by molar-refractivity contribution is -0.139. The third-order valence-corrected chi connectivity index (χ3v) is 6.93. The Morgan fingerprint density at radius 3 is 2.24 bits per heavy atom. The Morgan fingerprint density at radius 1 is 1.12 bits per heavy atom. The molecule has 0 fully saturated rings. The highest BCUT2D eigenvalue weighted by atomic mass is 79.9. The van der Waals surface area contributed by atoms with Gasteiger partial charge in [0.15, 0.2) is 0 Å². The van der Waals surface area contributed by atoms with E-state index >= 15 is 0 Å². The summed E-state index contributed by atoms with van der Waals surface area (Å²) in [6, 6.07) is 10.8. The highest BCUT2D eigenvalue weighted by Gasteiger charge is 2.30. The molecule has 2 amide bonds. The molecule has 1 N–H and O–H groups in total. The SMILES string of the molecule is COc1ccc(N(CC(=O)N(Cc2ccc(Br)cc2)[C@@H](C)C(=O)NC(C)C)S(C)(=O)=O)cc1Cl. The number of amides is 2. The van der Waals surface area contributed by atoms with Crippen molar-refractivity contribution in [1.82, 2.24) is 10.2 Å². The molecule has 0 radical (unpaired) electrons. The summed E-state index contributed by atoms with van der Waals surface area (Å²) in [4.78, 5) is 27.6. The summed E-state index contributed by atoms with van der Waals surface area (Å²) < 4.78 is 32.2. The highest BCUT2D eigenvalue weighted by molar-refractivity contribution is 9.10. The van der Waals surface area contributed by atoms with Gasteiger partial charge in [0.05, 0.1) is 24.1 Å². The summed E-state index contributed by atoms with van der Waals surface area (Å²) >= 11 is 9.56. The zero-order chi connectivity index (χ0) is 25.6. The summed E-state index contributed by atoms with van der Waals surface area (Å²) in [5.74, 6) is -0.494. The van der Waals surface area contributed by atoms with Crippen LogP contribution in [0.5, 0.6) is 5.75 Å². The van der Waals surface area contributed by atoms with Gasteiger partial charge in [0, 0.05) is 17.1 Å². The van der Waals surface area contributed by atoms with Crippen LogP contribution in [0.15, 0.2) is 46.9 Å². The van der Waals surface area contributed by atoms with Crippen molar-refractivity contribution in [3.05, 3.63) is 57.5 Å². The van der Waals surface area contributed by atoms with E-state index in [0.29, 0.717) is 5.75 Å². The minimum Gasteiger partial charge on any atom is -0.495 e. The molecule has 2 aromatic rings. The molecule has 0 heterocycles. The summed E-state index contributed by atoms with van der Waals surface area (Å²) in [7, 11) is -2.40. The van der Waals surface area contributed by atoms with E-state index in [1.54, 1.807) is 6.92 Å². The number of nitrogens with one attached hydrogen (secondary N) is 1. The Bertz CT molecular complexity index is 1130. The normalized spacial score (nSPS) is 12.2. The molecule has 0 bridgehead atoms. The van der Waals surface area contributed by atoms with Crippen molar-refractivity contribution >= 4 is 55.1 Å². The number of hydrogen-bond donors (Lipinski definition) is 1. The van der Waals surface area contributed by atoms with Gasteiger partial charge >= 0.3 is 0 Å². The minimum atomic E-state index is -3.85. The van der Waals surface area contributed by atoms with Gasteiger partial charge in [0.2, 0.25) is 21.8 Å². The average molecular weight is 575 g/mol. The third-order valence-electron chi connectivity index (χ3n) is 4.97. The molecule has 1 atom stereocenters. The van der Waals surface area contributed by atoms with Crippen LogP contribution in [0.3, 0.4) is 0 Å². The first-order chi connectivity index (χ1) is 15.8. The number of ether oxygens (including phenoxy) is 1. The van der Waals surface area contributed by atoms with E-state index in [9.17, 15) is 18.0 Å². The molecule has 11 heteroatoms. The molecule has 8 nitrogen and oxygen atoms in total. The third kappa shape index (κ3) is 7.61. The van der Waals surface area contributed by atoms with Crippen LogP contribution in [0.2, 0.25) is 5.02 Å². The Balaban J connectivity index is 2.40. The van der Waals surface area contributed by atoms with Crippen LogP contribution in [0.25, 0.3) is 0 Å². The largest absolute Gasteiger partial charge is 0.495 e. The van der Waals surface area contributed by atoms with Gasteiger partial charge in [-0.2, -0.15) is 0 Å². The quantitative estimate of drug-likeness (QED) is 0.466. The predicted octanol–water partition coefficient (Wildman–Crippen LogP) is 3.82. The van der Waals surface area contributed by atoms with E-state index < -0.39 is 28.5 Å². The number of benzene rings is 2. The van der Waals surface area contributed by atoms with Crippen LogP contribution >= 0.6 is 27.5 Å². The zero-order valence-corrected chi connectivity index (χ0v) is 22.9. The summed E-state index contributed by atoms with van der Waals surface area (Å²) in [5.41, 5.74) is 1.00. The molecule has 0 saturated heterocycles. The van der Waals surface area contributed by atoms with E-state index in [1.807, 2.05) is 38.1 Å². The van der Waals surface area contributed by atoms with Gasteiger partial charge in [-0.05, 0) is 56.7 Å². The van der Waals surface area contributed by atoms with E-state index in [-0.39, 0.29) is 29.2 Å². The molecule has 34 heavy (non-hydrogen) atoms. The smallest absolute Gasteiger partial charge is 0.244 e. The van der Waals surface area contributed by atoms with Crippen LogP contribution in [0.4, 0.5) is 5.69 Å². The van der Waals surface area contributed by atoms with Crippen LogP contribution in [-0.4, -0.2) is 57.1 Å². The maximum atomic E-state index is 13.5. The Morgan fingerprint density at radius 2 is 1.74 bits per heavy atom. The van der Waals surface area contributed by atoms with Crippen molar-refractivity contribution in [3.63, 3.8) is 0 Å². The molecular formula is C23H29BrClN3O5S. The van der Waals surface area contributed by atoms with Crippen molar-refractivity contribution in [2.75, 3.05) is 24.2 Å². The number of anilines is 1. The van der Waals surface area contributed by atoms with E-state index in [0.717, 1.165) is 20.6 Å². The Hall–Kier alpha value is -2.30. The lowest BCUT2D eigenvalue weighted by Gasteiger charge is -2.32. The predicted molar refractivity (Wildman–Crippen MR) is 138 cm³/mol. The number of nitrogens with zero attached hydrogens (tertiary/aromatic N) is 2. The first kappa shape index (κ1) is 27.9.